The summed E-state index contributed by atoms with van der Waals surface area (Å²) in [5, 5.41) is 3.60. The molecular formula is C28H29N3O7S2. The predicted octanol–water partition coefficient (Wildman–Crippen LogP) is 2.82. The van der Waals surface area contributed by atoms with Gasteiger partial charge in [0.25, 0.3) is 0 Å². The van der Waals surface area contributed by atoms with Gasteiger partial charge in [0.15, 0.2) is 5.12 Å². The summed E-state index contributed by atoms with van der Waals surface area (Å²) in [7, 11) is -1.30. The summed E-state index contributed by atoms with van der Waals surface area (Å²) in [5.41, 5.74) is 0.818. The summed E-state index contributed by atoms with van der Waals surface area (Å²) in [6.45, 7) is 1.00. The molecule has 4 rings (SSSR count). The van der Waals surface area contributed by atoms with Crippen LogP contribution in [-0.2, 0) is 29.1 Å². The average Bonchev–Trinajstić information content (AvgIpc) is 3.38. The molecule has 2 amide bonds. The first-order valence-corrected chi connectivity index (χ1v) is 14.7. The average molecular weight is 584 g/mol. The third-order valence-corrected chi connectivity index (χ3v) is 9.52. The van der Waals surface area contributed by atoms with Crippen LogP contribution < -0.4 is 10.2 Å². The van der Waals surface area contributed by atoms with E-state index in [9.17, 15) is 27.6 Å². The molecule has 10 nitrogen and oxygen atoms in total. The van der Waals surface area contributed by atoms with Crippen LogP contribution in [0.25, 0.3) is 10.8 Å². The molecule has 1 fully saturated rings. The van der Waals surface area contributed by atoms with Gasteiger partial charge < -0.3 is 15.0 Å². The first-order chi connectivity index (χ1) is 19.0. The number of sulfonamides is 1. The Labute approximate surface area is 236 Å². The van der Waals surface area contributed by atoms with Gasteiger partial charge in [-0.2, -0.15) is 4.31 Å². The number of hydrogen-bond acceptors (Lipinski definition) is 8. The highest BCUT2D eigenvalue weighted by atomic mass is 32.2. The Bertz CT molecular complexity index is 1560. The Hall–Kier alpha value is -3.74. The molecule has 210 valence electrons. The van der Waals surface area contributed by atoms with E-state index in [-0.39, 0.29) is 29.5 Å². The van der Waals surface area contributed by atoms with Crippen LogP contribution in [0, 0.1) is 0 Å². The van der Waals surface area contributed by atoms with E-state index in [0.717, 1.165) is 26.8 Å². The highest BCUT2D eigenvalue weighted by Crippen LogP contribution is 2.33. The van der Waals surface area contributed by atoms with E-state index in [0.29, 0.717) is 11.3 Å². The molecule has 3 aromatic carbocycles. The van der Waals surface area contributed by atoms with Crippen LogP contribution in [0.1, 0.15) is 23.7 Å². The maximum Gasteiger partial charge on any atom is 0.337 e. The number of amides is 2. The molecule has 1 N–H and O–H groups in total. The minimum absolute atomic E-state index is 0.0160. The van der Waals surface area contributed by atoms with Gasteiger partial charge in [-0.05, 0) is 53.6 Å². The molecule has 0 radical (unpaired) electrons. The number of ether oxygens (including phenoxy) is 1. The molecule has 2 unspecified atom stereocenters. The van der Waals surface area contributed by atoms with Crippen LogP contribution >= 0.6 is 11.8 Å². The minimum Gasteiger partial charge on any atom is -0.465 e. The zero-order chi connectivity index (χ0) is 29.0. The lowest BCUT2D eigenvalue weighted by atomic mass is 10.1. The number of carbonyl (C=O) groups excluding carboxylic acids is 4. The van der Waals surface area contributed by atoms with Crippen LogP contribution in [0.2, 0.25) is 0 Å². The Kier molecular flexibility index (Phi) is 8.92. The number of nitrogens with zero attached hydrogens (tertiary/aromatic N) is 2. The normalized spacial score (nSPS) is 17.4. The van der Waals surface area contributed by atoms with E-state index in [4.69, 9.17) is 0 Å². The van der Waals surface area contributed by atoms with Crippen molar-refractivity contribution in [3.05, 3.63) is 72.3 Å². The maximum absolute atomic E-state index is 13.7. The number of benzene rings is 3. The Morgan fingerprint density at radius 2 is 1.70 bits per heavy atom. The number of carbonyl (C=O) groups is 4. The quantitative estimate of drug-likeness (QED) is 0.401. The Morgan fingerprint density at radius 1 is 1.02 bits per heavy atom. The first-order valence-electron chi connectivity index (χ1n) is 12.4. The molecule has 0 saturated carbocycles. The molecule has 1 aliphatic heterocycles. The van der Waals surface area contributed by atoms with Gasteiger partial charge in [0.2, 0.25) is 21.8 Å². The van der Waals surface area contributed by atoms with Crippen LogP contribution in [0.3, 0.4) is 0 Å². The lowest BCUT2D eigenvalue weighted by Crippen LogP contribution is -2.48. The SMILES string of the molecule is COC(=O)c1ccc(N(C)C(=O)CNC(=O)C2CC(SC(C)=O)CN2S(=O)(=O)c2ccc3ccccc3c2)cc1. The first kappa shape index (κ1) is 29.2. The zero-order valence-electron chi connectivity index (χ0n) is 22.2. The van der Waals surface area contributed by atoms with Gasteiger partial charge in [-0.25, -0.2) is 13.2 Å². The number of nitrogens with one attached hydrogen (secondary N) is 1. The largest absolute Gasteiger partial charge is 0.465 e. The third kappa shape index (κ3) is 6.35. The van der Waals surface area contributed by atoms with Gasteiger partial charge in [0.05, 0.1) is 24.1 Å². The van der Waals surface area contributed by atoms with Crippen LogP contribution in [0.15, 0.2) is 71.6 Å². The van der Waals surface area contributed by atoms with Gasteiger partial charge in [0, 0.05) is 31.5 Å². The van der Waals surface area contributed by atoms with Gasteiger partial charge in [-0.15, -0.1) is 0 Å². The van der Waals surface area contributed by atoms with Crippen molar-refractivity contribution in [3.63, 3.8) is 0 Å². The second-order valence-electron chi connectivity index (χ2n) is 9.28. The van der Waals surface area contributed by atoms with Crippen molar-refractivity contribution in [2.45, 2.75) is 29.5 Å². The van der Waals surface area contributed by atoms with E-state index in [1.165, 1.54) is 44.2 Å². The van der Waals surface area contributed by atoms with Crippen molar-refractivity contribution < 1.29 is 32.3 Å². The van der Waals surface area contributed by atoms with Gasteiger partial charge in [-0.1, -0.05) is 42.1 Å². The fourth-order valence-electron chi connectivity index (χ4n) is 4.54. The standard InChI is InChI=1S/C28H29N3O7S2/c1-18(32)39-23-15-25(31(17-23)40(36,37)24-13-10-19-6-4-5-7-21(19)14-24)27(34)29-16-26(33)30(2)22-11-8-20(9-12-22)28(35)38-3/h4-14,23,25H,15-17H2,1-3H3,(H,29,34). The van der Waals surface area contributed by atoms with E-state index >= 15 is 0 Å². The lowest BCUT2D eigenvalue weighted by Gasteiger charge is -2.24. The maximum atomic E-state index is 13.7. The van der Waals surface area contributed by atoms with E-state index in [1.54, 1.807) is 24.3 Å². The monoisotopic (exact) mass is 583 g/mol. The lowest BCUT2D eigenvalue weighted by molar-refractivity contribution is -0.127. The fourth-order valence-corrected chi connectivity index (χ4v) is 7.30. The second kappa shape index (κ2) is 12.2. The number of anilines is 1. The molecule has 0 aromatic heterocycles. The molecule has 3 aromatic rings. The smallest absolute Gasteiger partial charge is 0.337 e. The summed E-state index contributed by atoms with van der Waals surface area (Å²) in [4.78, 5) is 50.8. The number of esters is 1. The zero-order valence-corrected chi connectivity index (χ0v) is 23.8. The summed E-state index contributed by atoms with van der Waals surface area (Å²) in [5.74, 6) is -1.58. The third-order valence-electron chi connectivity index (χ3n) is 6.64. The van der Waals surface area contributed by atoms with Gasteiger partial charge >= 0.3 is 5.97 Å². The fraction of sp³-hybridized carbons (Fsp3) is 0.286. The summed E-state index contributed by atoms with van der Waals surface area (Å²) in [6, 6.07) is 17.2. The molecule has 1 saturated heterocycles. The Balaban J connectivity index is 1.49. The number of thioether (sulfide) groups is 1. The van der Waals surface area contributed by atoms with Crippen LogP contribution in [0.4, 0.5) is 5.69 Å². The second-order valence-corrected chi connectivity index (χ2v) is 12.6. The van der Waals surface area contributed by atoms with Crippen LogP contribution in [-0.4, -0.2) is 74.2 Å². The number of rotatable bonds is 8. The van der Waals surface area contributed by atoms with Crippen molar-refractivity contribution in [1.82, 2.24) is 9.62 Å². The molecule has 1 aliphatic rings. The predicted molar refractivity (Wildman–Crippen MR) is 153 cm³/mol. The van der Waals surface area contributed by atoms with Crippen molar-refractivity contribution in [2.75, 3.05) is 32.1 Å². The number of hydrogen-bond donors (Lipinski definition) is 1. The van der Waals surface area contributed by atoms with Crippen molar-refractivity contribution >= 4 is 61.1 Å². The summed E-state index contributed by atoms with van der Waals surface area (Å²) in [6.07, 6.45) is 0.127. The van der Waals surface area contributed by atoms with Crippen LogP contribution in [0.5, 0.6) is 0 Å². The minimum atomic E-state index is -4.09. The van der Waals surface area contributed by atoms with Crippen molar-refractivity contribution in [2.24, 2.45) is 0 Å². The highest BCUT2D eigenvalue weighted by Gasteiger charge is 2.44. The van der Waals surface area contributed by atoms with E-state index in [1.807, 2.05) is 24.3 Å². The van der Waals surface area contributed by atoms with Crippen molar-refractivity contribution in [1.29, 1.82) is 0 Å². The molecule has 1 heterocycles. The molecule has 0 aliphatic carbocycles. The molecule has 0 bridgehead atoms. The van der Waals surface area contributed by atoms with Gasteiger partial charge in [0.1, 0.15) is 6.04 Å². The summed E-state index contributed by atoms with van der Waals surface area (Å²) < 4.78 is 33.2. The highest BCUT2D eigenvalue weighted by molar-refractivity contribution is 8.14. The number of fused-ring (bicyclic) bond motifs is 1. The molecular weight excluding hydrogens is 554 g/mol. The van der Waals surface area contributed by atoms with E-state index < -0.39 is 39.1 Å². The molecule has 0 spiro atoms. The number of methoxy groups -OCH3 is 1. The molecule has 2 atom stereocenters. The van der Waals surface area contributed by atoms with Gasteiger partial charge in [-0.3, -0.25) is 14.4 Å². The number of likely N-dealkylation sites (N-methyl/N-ethyl adjacent to an activating group) is 1. The molecule has 12 heteroatoms. The van der Waals surface area contributed by atoms with Crippen molar-refractivity contribution in [3.8, 4) is 0 Å². The molecule has 40 heavy (non-hydrogen) atoms. The summed E-state index contributed by atoms with van der Waals surface area (Å²) >= 11 is 0.999. The topological polar surface area (TPSA) is 130 Å². The Morgan fingerprint density at radius 3 is 2.35 bits per heavy atom. The van der Waals surface area contributed by atoms with E-state index in [2.05, 4.69) is 10.1 Å².